The molecule has 1 saturated heterocycles. The summed E-state index contributed by atoms with van der Waals surface area (Å²) in [5, 5.41) is 11.2. The topological polar surface area (TPSA) is 122 Å². The first-order valence-electron chi connectivity index (χ1n) is 6.50. The molecule has 1 fully saturated rings. The maximum absolute atomic E-state index is 11.9. The summed E-state index contributed by atoms with van der Waals surface area (Å²) >= 11 is 0. The average Bonchev–Trinajstić information content (AvgIpc) is 2.38. The van der Waals surface area contributed by atoms with Crippen LogP contribution in [-0.2, 0) is 14.3 Å². The van der Waals surface area contributed by atoms with Crippen molar-refractivity contribution < 1.29 is 24.2 Å². The predicted molar refractivity (Wildman–Crippen MR) is 69.9 cm³/mol. The molecule has 3 amide bonds. The smallest absolute Gasteiger partial charge is 0.326 e. The van der Waals surface area contributed by atoms with Gasteiger partial charge in [-0.3, -0.25) is 4.79 Å². The highest BCUT2D eigenvalue weighted by molar-refractivity contribution is 5.87. The molecule has 0 aromatic heterocycles. The Morgan fingerprint density at radius 1 is 1.50 bits per heavy atom. The number of hydrogen-bond donors (Lipinski definition) is 3. The van der Waals surface area contributed by atoms with Gasteiger partial charge >= 0.3 is 12.0 Å². The summed E-state index contributed by atoms with van der Waals surface area (Å²) in [7, 11) is 1.58. The summed E-state index contributed by atoms with van der Waals surface area (Å²) in [6.07, 6.45) is 1.50. The van der Waals surface area contributed by atoms with Crippen LogP contribution < -0.4 is 11.1 Å². The lowest BCUT2D eigenvalue weighted by molar-refractivity contribution is -0.140. The SMILES string of the molecule is CN(CC1CCCOC1)C(=O)N[C@@H](CC(N)=O)C(=O)O. The minimum Gasteiger partial charge on any atom is -0.480 e. The number of carboxylic acid groups (broad SMARTS) is 1. The standard InChI is InChI=1S/C12H21N3O5/c1-15(6-8-3-2-4-20-7-8)12(19)14-9(11(17)18)5-10(13)16/h8-9H,2-7H2,1H3,(H2,13,16)(H,14,19)(H,17,18)/t8?,9-/m0/s1. The Morgan fingerprint density at radius 2 is 2.20 bits per heavy atom. The monoisotopic (exact) mass is 287 g/mol. The van der Waals surface area contributed by atoms with E-state index in [4.69, 9.17) is 15.6 Å². The fraction of sp³-hybridized carbons (Fsp3) is 0.750. The largest absolute Gasteiger partial charge is 0.480 e. The molecule has 0 saturated carbocycles. The van der Waals surface area contributed by atoms with Crippen LogP contribution in [0.25, 0.3) is 0 Å². The maximum atomic E-state index is 11.9. The first-order valence-corrected chi connectivity index (χ1v) is 6.50. The molecule has 20 heavy (non-hydrogen) atoms. The molecule has 8 heteroatoms. The van der Waals surface area contributed by atoms with Gasteiger partial charge in [0.05, 0.1) is 13.0 Å². The first kappa shape index (κ1) is 16.2. The number of nitrogens with one attached hydrogen (secondary N) is 1. The summed E-state index contributed by atoms with van der Waals surface area (Å²) in [6, 6.07) is -1.84. The number of ether oxygens (including phenoxy) is 1. The molecule has 0 bridgehead atoms. The lowest BCUT2D eigenvalue weighted by atomic mass is 10.0. The van der Waals surface area contributed by atoms with Crippen molar-refractivity contribution in [3.63, 3.8) is 0 Å². The third kappa shape index (κ3) is 5.43. The summed E-state index contributed by atoms with van der Waals surface area (Å²) < 4.78 is 5.32. The molecule has 1 rings (SSSR count). The summed E-state index contributed by atoms with van der Waals surface area (Å²) in [4.78, 5) is 35.0. The maximum Gasteiger partial charge on any atom is 0.326 e. The van der Waals surface area contributed by atoms with Crippen LogP contribution in [0, 0.1) is 5.92 Å². The second kappa shape index (κ2) is 7.68. The van der Waals surface area contributed by atoms with E-state index in [2.05, 4.69) is 5.32 Å². The van der Waals surface area contributed by atoms with Gasteiger partial charge in [0.1, 0.15) is 6.04 Å². The Labute approximate surface area is 117 Å². The van der Waals surface area contributed by atoms with Crippen molar-refractivity contribution in [1.82, 2.24) is 10.2 Å². The highest BCUT2D eigenvalue weighted by Crippen LogP contribution is 2.14. The lowest BCUT2D eigenvalue weighted by Gasteiger charge is -2.28. The molecule has 4 N–H and O–H groups in total. The molecular formula is C12H21N3O5. The van der Waals surface area contributed by atoms with Crippen LogP contribution in [0.1, 0.15) is 19.3 Å². The Balaban J connectivity index is 2.45. The summed E-state index contributed by atoms with van der Waals surface area (Å²) in [5.41, 5.74) is 4.95. The van der Waals surface area contributed by atoms with Crippen molar-refractivity contribution >= 4 is 17.9 Å². The molecule has 1 aliphatic rings. The van der Waals surface area contributed by atoms with Crippen LogP contribution in [0.5, 0.6) is 0 Å². The minimum atomic E-state index is -1.30. The van der Waals surface area contributed by atoms with Gasteiger partial charge < -0.3 is 25.8 Å². The number of aliphatic carboxylic acids is 1. The third-order valence-electron chi connectivity index (χ3n) is 3.13. The zero-order valence-corrected chi connectivity index (χ0v) is 11.5. The van der Waals surface area contributed by atoms with Gasteiger partial charge in [0, 0.05) is 26.1 Å². The fourth-order valence-electron chi connectivity index (χ4n) is 2.08. The van der Waals surface area contributed by atoms with Crippen LogP contribution in [0.15, 0.2) is 0 Å². The van der Waals surface area contributed by atoms with E-state index in [0.717, 1.165) is 19.4 Å². The van der Waals surface area contributed by atoms with E-state index in [1.54, 1.807) is 7.05 Å². The average molecular weight is 287 g/mol. The molecule has 114 valence electrons. The van der Waals surface area contributed by atoms with Crippen molar-refractivity contribution in [2.45, 2.75) is 25.3 Å². The van der Waals surface area contributed by atoms with E-state index in [1.165, 1.54) is 4.90 Å². The number of carbonyl (C=O) groups excluding carboxylic acids is 2. The summed E-state index contributed by atoms with van der Waals surface area (Å²) in [5.74, 6) is -1.81. The van der Waals surface area contributed by atoms with Crippen molar-refractivity contribution in [1.29, 1.82) is 0 Å². The summed E-state index contributed by atoms with van der Waals surface area (Å²) in [6.45, 7) is 1.82. The number of nitrogens with two attached hydrogens (primary N) is 1. The fourth-order valence-corrected chi connectivity index (χ4v) is 2.08. The van der Waals surface area contributed by atoms with Gasteiger partial charge in [-0.25, -0.2) is 9.59 Å². The third-order valence-corrected chi connectivity index (χ3v) is 3.13. The molecule has 8 nitrogen and oxygen atoms in total. The second-order valence-electron chi connectivity index (χ2n) is 4.97. The highest BCUT2D eigenvalue weighted by atomic mass is 16.5. The number of hydrogen-bond acceptors (Lipinski definition) is 4. The number of amides is 3. The van der Waals surface area contributed by atoms with Crippen molar-refractivity contribution in [3.05, 3.63) is 0 Å². The Bertz CT molecular complexity index is 368. The number of primary amides is 1. The lowest BCUT2D eigenvalue weighted by Crippen LogP contribution is -2.49. The van der Waals surface area contributed by atoms with E-state index in [9.17, 15) is 14.4 Å². The second-order valence-corrected chi connectivity index (χ2v) is 4.97. The van der Waals surface area contributed by atoms with Crippen LogP contribution in [0.2, 0.25) is 0 Å². The van der Waals surface area contributed by atoms with E-state index in [-0.39, 0.29) is 5.92 Å². The Morgan fingerprint density at radius 3 is 2.70 bits per heavy atom. The number of urea groups is 1. The van der Waals surface area contributed by atoms with E-state index in [0.29, 0.717) is 13.2 Å². The molecule has 0 spiro atoms. The minimum absolute atomic E-state index is 0.249. The highest BCUT2D eigenvalue weighted by Gasteiger charge is 2.25. The van der Waals surface area contributed by atoms with Crippen LogP contribution in [0.4, 0.5) is 4.79 Å². The molecule has 0 aromatic carbocycles. The van der Waals surface area contributed by atoms with E-state index >= 15 is 0 Å². The van der Waals surface area contributed by atoms with Crippen molar-refractivity contribution in [2.75, 3.05) is 26.8 Å². The predicted octanol–water partition coefficient (Wildman–Crippen LogP) is -0.617. The van der Waals surface area contributed by atoms with Crippen LogP contribution in [0.3, 0.4) is 0 Å². The van der Waals surface area contributed by atoms with Crippen molar-refractivity contribution in [2.24, 2.45) is 11.7 Å². The molecule has 0 radical (unpaired) electrons. The Hall–Kier alpha value is -1.83. The molecule has 1 aliphatic heterocycles. The zero-order chi connectivity index (χ0) is 15.1. The van der Waals surface area contributed by atoms with Gasteiger partial charge in [-0.05, 0) is 12.8 Å². The number of carbonyl (C=O) groups is 3. The van der Waals surface area contributed by atoms with Crippen LogP contribution in [-0.4, -0.2) is 60.8 Å². The molecule has 2 atom stereocenters. The number of carboxylic acids is 1. The van der Waals surface area contributed by atoms with Gasteiger partial charge in [-0.15, -0.1) is 0 Å². The van der Waals surface area contributed by atoms with E-state index in [1.807, 2.05) is 0 Å². The normalized spacial score (nSPS) is 19.9. The van der Waals surface area contributed by atoms with Gasteiger partial charge in [0.15, 0.2) is 0 Å². The van der Waals surface area contributed by atoms with Gasteiger partial charge in [0.2, 0.25) is 5.91 Å². The first-order chi connectivity index (χ1) is 9.40. The number of rotatable bonds is 6. The Kier molecular flexibility index (Phi) is 6.23. The molecule has 1 heterocycles. The molecular weight excluding hydrogens is 266 g/mol. The van der Waals surface area contributed by atoms with Gasteiger partial charge in [-0.1, -0.05) is 0 Å². The van der Waals surface area contributed by atoms with E-state index < -0.39 is 30.4 Å². The number of nitrogens with zero attached hydrogens (tertiary/aromatic N) is 1. The molecule has 1 unspecified atom stereocenters. The van der Waals surface area contributed by atoms with Crippen LogP contribution >= 0.6 is 0 Å². The van der Waals surface area contributed by atoms with Crippen molar-refractivity contribution in [3.8, 4) is 0 Å². The van der Waals surface area contributed by atoms with Gasteiger partial charge in [-0.2, -0.15) is 0 Å². The van der Waals surface area contributed by atoms with Gasteiger partial charge in [0.25, 0.3) is 0 Å². The zero-order valence-electron chi connectivity index (χ0n) is 11.5. The molecule has 0 aromatic rings. The quantitative estimate of drug-likeness (QED) is 0.601. The molecule has 0 aliphatic carbocycles.